The number of fused-ring (bicyclic) bond motifs is 1. The summed E-state index contributed by atoms with van der Waals surface area (Å²) >= 11 is -1.26. The smallest absolute Gasteiger partial charge is 0.344 e. The van der Waals surface area contributed by atoms with Crippen LogP contribution in [0.4, 0.5) is 5.82 Å². The molecule has 1 aromatic heterocycles. The zero-order valence-corrected chi connectivity index (χ0v) is 14.0. The molecule has 1 aliphatic rings. The number of ether oxygens (including phenoxy) is 2. The fraction of sp³-hybridized carbons (Fsp3) is 0.267. The van der Waals surface area contributed by atoms with Crippen molar-refractivity contribution in [3.8, 4) is 11.5 Å². The predicted molar refractivity (Wildman–Crippen MR) is 87.7 cm³/mol. The number of nitrogens with zero attached hydrogens (tertiary/aromatic N) is 4. The Morgan fingerprint density at radius 3 is 2.78 bits per heavy atom. The first-order valence-corrected chi connectivity index (χ1v) is 8.41. The van der Waals surface area contributed by atoms with Crippen molar-refractivity contribution in [1.82, 2.24) is 9.97 Å². The second-order valence-electron chi connectivity index (χ2n) is 5.01. The van der Waals surface area contributed by atoms with Crippen molar-refractivity contribution in [3.63, 3.8) is 0 Å². The number of methoxy groups -OCH3 is 1. The van der Waals surface area contributed by atoms with Gasteiger partial charge in [0.2, 0.25) is 11.7 Å². The molecular weight excluding hydrogens is 316 g/mol. The molecular formula is C15H16N4O3S. The van der Waals surface area contributed by atoms with E-state index in [0.29, 0.717) is 17.5 Å². The van der Waals surface area contributed by atoms with Crippen molar-refractivity contribution in [1.29, 1.82) is 0 Å². The third kappa shape index (κ3) is 2.95. The number of aryl methyl sites for hydroxylation is 1. The number of hydrogen-bond acceptors (Lipinski definition) is 7. The lowest BCUT2D eigenvalue weighted by Crippen LogP contribution is -2.26. The Kier molecular flexibility index (Phi) is 4.10. The second kappa shape index (κ2) is 6.05. The molecule has 120 valence electrons. The number of rotatable bonds is 3. The molecule has 23 heavy (non-hydrogen) atoms. The first-order chi connectivity index (χ1) is 11.0. The van der Waals surface area contributed by atoms with E-state index in [1.165, 1.54) is 12.5 Å². The summed E-state index contributed by atoms with van der Waals surface area (Å²) < 4.78 is 22.5. The highest BCUT2D eigenvalue weighted by Gasteiger charge is 2.25. The maximum absolute atomic E-state index is 11.5. The van der Waals surface area contributed by atoms with Crippen molar-refractivity contribution in [3.05, 3.63) is 35.5 Å². The van der Waals surface area contributed by atoms with Crippen LogP contribution in [0.15, 0.2) is 34.7 Å². The summed E-state index contributed by atoms with van der Waals surface area (Å²) in [5.41, 5.74) is 1.83. The Labute approximate surface area is 137 Å². The molecule has 0 aliphatic carbocycles. The normalized spacial score (nSPS) is 14.7. The molecule has 8 heteroatoms. The van der Waals surface area contributed by atoms with E-state index < -0.39 is 11.2 Å². The second-order valence-corrected chi connectivity index (χ2v) is 6.28. The largest absolute Gasteiger partial charge is 0.609 e. The van der Waals surface area contributed by atoms with Gasteiger partial charge in [-0.05, 0) is 30.7 Å². The number of hydrogen-bond donors (Lipinski definition) is 0. The summed E-state index contributed by atoms with van der Waals surface area (Å²) in [6.07, 6.45) is 3.05. The van der Waals surface area contributed by atoms with Crippen LogP contribution in [0.3, 0.4) is 0 Å². The van der Waals surface area contributed by atoms with Crippen LogP contribution in [0.25, 0.3) is 0 Å². The van der Waals surface area contributed by atoms with E-state index in [4.69, 9.17) is 9.47 Å². The zero-order chi connectivity index (χ0) is 16.6. The molecule has 0 bridgehead atoms. The molecule has 0 spiro atoms. The van der Waals surface area contributed by atoms with Crippen LogP contribution in [0.1, 0.15) is 11.1 Å². The average molecular weight is 332 g/mol. The van der Waals surface area contributed by atoms with Crippen LogP contribution in [0, 0.1) is 6.92 Å². The lowest BCUT2D eigenvalue weighted by atomic mass is 10.1. The van der Waals surface area contributed by atoms with Gasteiger partial charge < -0.3 is 14.0 Å². The number of anilines is 1. The third-order valence-corrected chi connectivity index (χ3v) is 4.10. The maximum Gasteiger partial charge on any atom is 0.344 e. The Balaban J connectivity index is 1.97. The van der Waals surface area contributed by atoms with Crippen LogP contribution in [0.5, 0.6) is 11.5 Å². The number of hydrazone groups is 1. The summed E-state index contributed by atoms with van der Waals surface area (Å²) in [4.78, 5) is 8.30. The van der Waals surface area contributed by atoms with Gasteiger partial charge in [-0.25, -0.2) is 5.01 Å². The molecule has 0 saturated carbocycles. The van der Waals surface area contributed by atoms with E-state index in [1.807, 2.05) is 25.1 Å². The van der Waals surface area contributed by atoms with Crippen molar-refractivity contribution < 1.29 is 14.0 Å². The molecule has 1 atom stereocenters. The van der Waals surface area contributed by atoms with E-state index in [9.17, 15) is 4.55 Å². The van der Waals surface area contributed by atoms with Gasteiger partial charge in [-0.15, -0.1) is 5.10 Å². The minimum Gasteiger partial charge on any atom is -0.609 e. The zero-order valence-electron chi connectivity index (χ0n) is 13.2. The molecule has 0 saturated heterocycles. The fourth-order valence-electron chi connectivity index (χ4n) is 2.21. The van der Waals surface area contributed by atoms with Crippen LogP contribution < -0.4 is 14.5 Å². The van der Waals surface area contributed by atoms with Gasteiger partial charge in [0.05, 0.1) is 13.3 Å². The first-order valence-electron chi connectivity index (χ1n) is 6.85. The van der Waals surface area contributed by atoms with Crippen LogP contribution in [-0.4, -0.2) is 40.8 Å². The van der Waals surface area contributed by atoms with E-state index in [1.54, 1.807) is 19.2 Å². The summed E-state index contributed by atoms with van der Waals surface area (Å²) in [6.45, 7) is 1.96. The molecule has 1 unspecified atom stereocenters. The molecule has 2 heterocycles. The molecule has 1 aromatic carbocycles. The van der Waals surface area contributed by atoms with E-state index in [2.05, 4.69) is 15.1 Å². The minimum atomic E-state index is -1.26. The Hall–Kier alpha value is -2.32. The summed E-state index contributed by atoms with van der Waals surface area (Å²) in [5, 5.41) is 6.25. The van der Waals surface area contributed by atoms with Crippen molar-refractivity contribution in [2.45, 2.75) is 12.1 Å². The van der Waals surface area contributed by atoms with Gasteiger partial charge in [0.25, 0.3) is 0 Å². The van der Waals surface area contributed by atoms with Gasteiger partial charge in [0.1, 0.15) is 12.0 Å². The molecule has 3 rings (SSSR count). The number of benzene rings is 1. The van der Waals surface area contributed by atoms with Gasteiger partial charge in [0.15, 0.2) is 5.75 Å². The molecule has 0 amide bonds. The molecule has 0 radical (unpaired) electrons. The van der Waals surface area contributed by atoms with Crippen LogP contribution in [-0.2, 0) is 11.2 Å². The molecule has 2 aromatic rings. The molecule has 0 N–H and O–H groups in total. The molecule has 1 aliphatic heterocycles. The Bertz CT molecular complexity index is 779. The van der Waals surface area contributed by atoms with E-state index >= 15 is 0 Å². The fourth-order valence-corrected chi connectivity index (χ4v) is 2.62. The van der Waals surface area contributed by atoms with E-state index in [0.717, 1.165) is 16.9 Å². The highest BCUT2D eigenvalue weighted by atomic mass is 32.2. The third-order valence-electron chi connectivity index (χ3n) is 3.39. The lowest BCUT2D eigenvalue weighted by Gasteiger charge is -2.23. The monoisotopic (exact) mass is 332 g/mol. The maximum atomic E-state index is 11.5. The van der Waals surface area contributed by atoms with Gasteiger partial charge in [-0.2, -0.15) is 9.97 Å². The van der Waals surface area contributed by atoms with Crippen molar-refractivity contribution in [2.24, 2.45) is 5.10 Å². The van der Waals surface area contributed by atoms with Gasteiger partial charge in [0, 0.05) is 23.8 Å². The Morgan fingerprint density at radius 1 is 1.35 bits per heavy atom. The summed E-state index contributed by atoms with van der Waals surface area (Å²) in [5.74, 6) is 2.19. The minimum absolute atomic E-state index is 0.249. The van der Waals surface area contributed by atoms with E-state index in [-0.39, 0.29) is 5.16 Å². The van der Waals surface area contributed by atoms with Crippen molar-refractivity contribution >= 4 is 22.9 Å². The van der Waals surface area contributed by atoms with Crippen LogP contribution >= 0.6 is 0 Å². The summed E-state index contributed by atoms with van der Waals surface area (Å²) in [7, 11) is 3.38. The summed E-state index contributed by atoms with van der Waals surface area (Å²) in [6, 6.07) is 5.66. The highest BCUT2D eigenvalue weighted by Crippen LogP contribution is 2.31. The first kappa shape index (κ1) is 15.6. The predicted octanol–water partition coefficient (Wildman–Crippen LogP) is 1.72. The van der Waals surface area contributed by atoms with Gasteiger partial charge in [-0.1, -0.05) is 0 Å². The molecule has 0 fully saturated rings. The Morgan fingerprint density at radius 2 is 2.13 bits per heavy atom. The quantitative estimate of drug-likeness (QED) is 0.629. The molecule has 7 nitrogen and oxygen atoms in total. The lowest BCUT2D eigenvalue weighted by molar-refractivity contribution is 0.414. The highest BCUT2D eigenvalue weighted by molar-refractivity contribution is 7.90. The number of aromatic nitrogens is 2. The van der Waals surface area contributed by atoms with Crippen LogP contribution in [0.2, 0.25) is 0 Å². The van der Waals surface area contributed by atoms with Crippen molar-refractivity contribution in [2.75, 3.05) is 25.4 Å². The SMILES string of the molecule is COc1ccc(C2=NN(C)c3nc([S+](C)[O-])ncc3O2)c(C)c1. The topological polar surface area (TPSA) is 82.9 Å². The standard InChI is InChI=1S/C15H16N4O3S/c1-9-7-10(21-3)5-6-11(9)14-18-19(2)13-12(22-14)8-16-15(17-13)23(4)20/h5-8H,1-4H3. The van der Waals surface area contributed by atoms with Gasteiger partial charge >= 0.3 is 5.16 Å². The average Bonchev–Trinajstić information content (AvgIpc) is 2.54. The van der Waals surface area contributed by atoms with Gasteiger partial charge in [-0.3, -0.25) is 0 Å².